The minimum atomic E-state index is -0.637. The van der Waals surface area contributed by atoms with Crippen LogP contribution in [0.5, 0.6) is 5.75 Å². The van der Waals surface area contributed by atoms with E-state index in [1.807, 2.05) is 60.7 Å². The number of ether oxygens (including phenoxy) is 2. The smallest absolute Gasteiger partial charge is 0.338 e. The number of carbonyl (C=O) groups excluding carboxylic acids is 1. The lowest BCUT2D eigenvalue weighted by molar-refractivity contribution is -0.139. The topological polar surface area (TPSA) is 69.9 Å². The molecule has 4 aromatic rings. The highest BCUT2D eigenvalue weighted by Gasteiger charge is 2.33. The molecule has 9 heteroatoms. The van der Waals surface area contributed by atoms with Crippen LogP contribution >= 0.6 is 34.5 Å². The zero-order valence-electron chi connectivity index (χ0n) is 21.2. The molecule has 6 nitrogen and oxygen atoms in total. The summed E-state index contributed by atoms with van der Waals surface area (Å²) >= 11 is 13.5. The Labute approximate surface area is 239 Å². The molecule has 0 fully saturated rings. The van der Waals surface area contributed by atoms with Crippen molar-refractivity contribution in [3.8, 4) is 5.75 Å². The van der Waals surface area contributed by atoms with Crippen LogP contribution in [0.3, 0.4) is 0 Å². The highest BCUT2D eigenvalue weighted by molar-refractivity contribution is 7.07. The van der Waals surface area contributed by atoms with E-state index in [0.29, 0.717) is 36.4 Å². The van der Waals surface area contributed by atoms with E-state index in [1.165, 1.54) is 11.3 Å². The SMILES string of the molecule is CCOC(=O)C1=C(C)N=c2s/c(=C/c3cccc(OCc4ccc(Cl)cc4Cl)c3)c(=O)n2C1c1ccccc1. The van der Waals surface area contributed by atoms with Gasteiger partial charge in [0.1, 0.15) is 12.4 Å². The molecule has 0 bridgehead atoms. The Morgan fingerprint density at radius 1 is 1.08 bits per heavy atom. The Kier molecular flexibility index (Phi) is 8.02. The third kappa shape index (κ3) is 5.71. The molecule has 0 saturated heterocycles. The van der Waals surface area contributed by atoms with E-state index in [0.717, 1.165) is 16.7 Å². The van der Waals surface area contributed by atoms with Crippen molar-refractivity contribution >= 4 is 46.6 Å². The third-order valence-electron chi connectivity index (χ3n) is 6.20. The number of allylic oxidation sites excluding steroid dienone is 1. The first-order chi connectivity index (χ1) is 18.9. The Morgan fingerprint density at radius 3 is 2.62 bits per heavy atom. The van der Waals surface area contributed by atoms with Gasteiger partial charge in [-0.1, -0.05) is 83.1 Å². The molecule has 0 radical (unpaired) electrons. The lowest BCUT2D eigenvalue weighted by Gasteiger charge is -2.24. The van der Waals surface area contributed by atoms with Gasteiger partial charge < -0.3 is 9.47 Å². The highest BCUT2D eigenvalue weighted by Crippen LogP contribution is 2.30. The zero-order chi connectivity index (χ0) is 27.5. The molecule has 1 aliphatic rings. The maximum Gasteiger partial charge on any atom is 0.338 e. The number of nitrogens with zero attached hydrogens (tertiary/aromatic N) is 2. The van der Waals surface area contributed by atoms with Gasteiger partial charge in [0.05, 0.1) is 28.5 Å². The average Bonchev–Trinajstić information content (AvgIpc) is 3.22. The molecule has 198 valence electrons. The molecular formula is C30H24Cl2N2O4S. The molecule has 5 rings (SSSR count). The number of fused-ring (bicyclic) bond motifs is 1. The largest absolute Gasteiger partial charge is 0.489 e. The fourth-order valence-corrected chi connectivity index (χ4v) is 5.90. The summed E-state index contributed by atoms with van der Waals surface area (Å²) < 4.78 is 13.4. The van der Waals surface area contributed by atoms with E-state index in [9.17, 15) is 9.59 Å². The monoisotopic (exact) mass is 578 g/mol. The molecule has 1 unspecified atom stereocenters. The number of hydrogen-bond donors (Lipinski definition) is 0. The second-order valence-electron chi connectivity index (χ2n) is 8.81. The fourth-order valence-electron chi connectivity index (χ4n) is 4.39. The van der Waals surface area contributed by atoms with Crippen molar-refractivity contribution in [2.75, 3.05) is 6.61 Å². The van der Waals surface area contributed by atoms with Crippen LogP contribution < -0.4 is 19.6 Å². The molecule has 2 heterocycles. The summed E-state index contributed by atoms with van der Waals surface area (Å²) in [5.74, 6) is 0.151. The Bertz CT molecular complexity index is 1760. The maximum atomic E-state index is 13.7. The quantitative estimate of drug-likeness (QED) is 0.264. The molecular weight excluding hydrogens is 555 g/mol. The van der Waals surface area contributed by atoms with Crippen LogP contribution in [0, 0.1) is 0 Å². The van der Waals surface area contributed by atoms with Crippen molar-refractivity contribution in [2.45, 2.75) is 26.5 Å². The number of rotatable bonds is 7. The molecule has 3 aromatic carbocycles. The summed E-state index contributed by atoms with van der Waals surface area (Å²) in [4.78, 5) is 31.8. The number of aromatic nitrogens is 1. The second kappa shape index (κ2) is 11.6. The van der Waals surface area contributed by atoms with Gasteiger partial charge in [-0.25, -0.2) is 9.79 Å². The van der Waals surface area contributed by atoms with Gasteiger partial charge in [-0.15, -0.1) is 0 Å². The number of esters is 1. The van der Waals surface area contributed by atoms with Gasteiger partial charge in [-0.3, -0.25) is 9.36 Å². The summed E-state index contributed by atoms with van der Waals surface area (Å²) in [5.41, 5.74) is 3.07. The zero-order valence-corrected chi connectivity index (χ0v) is 23.5. The fraction of sp³-hybridized carbons (Fsp3) is 0.167. The Hall–Kier alpha value is -3.65. The first kappa shape index (κ1) is 26.9. The van der Waals surface area contributed by atoms with Gasteiger partial charge >= 0.3 is 5.97 Å². The van der Waals surface area contributed by atoms with Crippen LogP contribution in [0.2, 0.25) is 10.0 Å². The number of hydrogen-bond acceptors (Lipinski definition) is 6. The van der Waals surface area contributed by atoms with Gasteiger partial charge in [0.2, 0.25) is 0 Å². The minimum absolute atomic E-state index is 0.226. The molecule has 0 spiro atoms. The Morgan fingerprint density at radius 2 is 1.87 bits per heavy atom. The number of thiazole rings is 1. The lowest BCUT2D eigenvalue weighted by atomic mass is 9.96. The predicted molar refractivity (Wildman–Crippen MR) is 154 cm³/mol. The summed E-state index contributed by atoms with van der Waals surface area (Å²) in [7, 11) is 0. The number of benzene rings is 3. The van der Waals surface area contributed by atoms with Crippen molar-refractivity contribution in [1.29, 1.82) is 0 Å². The van der Waals surface area contributed by atoms with Crippen LogP contribution in [0.15, 0.2) is 93.9 Å². The van der Waals surface area contributed by atoms with Gasteiger partial charge in [-0.2, -0.15) is 0 Å². The van der Waals surface area contributed by atoms with Crippen LogP contribution in [0.4, 0.5) is 0 Å². The normalized spacial score (nSPS) is 15.1. The van der Waals surface area contributed by atoms with Gasteiger partial charge in [-0.05, 0) is 55.3 Å². The Balaban J connectivity index is 1.52. The van der Waals surface area contributed by atoms with Gasteiger partial charge in [0, 0.05) is 15.6 Å². The summed E-state index contributed by atoms with van der Waals surface area (Å²) in [6.07, 6.45) is 1.80. The average molecular weight is 580 g/mol. The third-order valence-corrected chi connectivity index (χ3v) is 7.77. The van der Waals surface area contributed by atoms with E-state index in [1.54, 1.807) is 36.6 Å². The lowest BCUT2D eigenvalue weighted by Crippen LogP contribution is -2.39. The van der Waals surface area contributed by atoms with E-state index in [4.69, 9.17) is 32.7 Å². The van der Waals surface area contributed by atoms with E-state index in [-0.39, 0.29) is 18.8 Å². The van der Waals surface area contributed by atoms with Gasteiger partial charge in [0.15, 0.2) is 4.80 Å². The van der Waals surface area contributed by atoms with Crippen LogP contribution in [0.1, 0.15) is 36.6 Å². The van der Waals surface area contributed by atoms with Gasteiger partial charge in [0.25, 0.3) is 5.56 Å². The molecule has 0 aliphatic carbocycles. The molecule has 1 aromatic heterocycles. The van der Waals surface area contributed by atoms with Crippen molar-refractivity contribution in [2.24, 2.45) is 4.99 Å². The molecule has 1 aliphatic heterocycles. The highest BCUT2D eigenvalue weighted by atomic mass is 35.5. The van der Waals surface area contributed by atoms with Crippen molar-refractivity contribution < 1.29 is 14.3 Å². The van der Waals surface area contributed by atoms with Crippen LogP contribution in [0.25, 0.3) is 6.08 Å². The first-order valence-corrected chi connectivity index (χ1v) is 13.8. The summed E-state index contributed by atoms with van der Waals surface area (Å²) in [5, 5.41) is 1.09. The first-order valence-electron chi connectivity index (χ1n) is 12.3. The molecule has 0 amide bonds. The van der Waals surface area contributed by atoms with Crippen molar-refractivity contribution in [3.63, 3.8) is 0 Å². The predicted octanol–water partition coefficient (Wildman–Crippen LogP) is 5.68. The minimum Gasteiger partial charge on any atom is -0.489 e. The maximum absolute atomic E-state index is 13.7. The molecule has 0 N–H and O–H groups in total. The van der Waals surface area contributed by atoms with Crippen LogP contribution in [-0.2, 0) is 16.1 Å². The van der Waals surface area contributed by atoms with Crippen LogP contribution in [-0.4, -0.2) is 17.1 Å². The summed E-state index contributed by atoms with van der Waals surface area (Å²) in [6.45, 7) is 4.02. The summed E-state index contributed by atoms with van der Waals surface area (Å²) in [6, 6.07) is 21.5. The molecule has 0 saturated carbocycles. The number of halogens is 2. The van der Waals surface area contributed by atoms with E-state index in [2.05, 4.69) is 4.99 Å². The molecule has 1 atom stereocenters. The van der Waals surface area contributed by atoms with E-state index >= 15 is 0 Å². The second-order valence-corrected chi connectivity index (χ2v) is 10.7. The molecule has 39 heavy (non-hydrogen) atoms. The van der Waals surface area contributed by atoms with E-state index < -0.39 is 12.0 Å². The van der Waals surface area contributed by atoms with Crippen molar-refractivity contribution in [1.82, 2.24) is 4.57 Å². The van der Waals surface area contributed by atoms with Crippen molar-refractivity contribution in [3.05, 3.63) is 130 Å². The number of carbonyl (C=O) groups is 1. The standard InChI is InChI=1S/C30H24Cl2N2O4S/c1-3-37-29(36)26-18(2)33-30-34(27(26)20-9-5-4-6-10-20)28(35)25(39-30)15-19-8-7-11-23(14-19)38-17-21-12-13-22(31)16-24(21)32/h4-16,27H,3,17H2,1-2H3/b25-15+.